The van der Waals surface area contributed by atoms with E-state index in [1.54, 1.807) is 12.1 Å². The van der Waals surface area contributed by atoms with Gasteiger partial charge in [0.15, 0.2) is 0 Å². The van der Waals surface area contributed by atoms with Crippen LogP contribution in [-0.2, 0) is 4.79 Å². The van der Waals surface area contributed by atoms with Gasteiger partial charge < -0.3 is 24.3 Å². The molecule has 0 saturated carbocycles. The van der Waals surface area contributed by atoms with Gasteiger partial charge in [0.25, 0.3) is 0 Å². The predicted octanol–water partition coefficient (Wildman–Crippen LogP) is 4.39. The van der Waals surface area contributed by atoms with Crippen LogP contribution in [-0.4, -0.2) is 50.9 Å². The van der Waals surface area contributed by atoms with E-state index in [4.69, 9.17) is 14.3 Å². The quantitative estimate of drug-likeness (QED) is 0.297. The van der Waals surface area contributed by atoms with Crippen molar-refractivity contribution in [3.63, 3.8) is 0 Å². The first-order valence-electron chi connectivity index (χ1n) is 12.1. The summed E-state index contributed by atoms with van der Waals surface area (Å²) in [6.07, 6.45) is -4.15. The monoisotopic (exact) mass is 542 g/mol. The second-order valence-electron chi connectivity index (χ2n) is 9.24. The van der Waals surface area contributed by atoms with Crippen LogP contribution in [0.4, 0.5) is 18.9 Å². The zero-order valence-corrected chi connectivity index (χ0v) is 22.2. The summed E-state index contributed by atoms with van der Waals surface area (Å²) < 4.78 is 40.2. The number of rotatable bonds is 5. The molecule has 0 bridgehead atoms. The Morgan fingerprint density at radius 2 is 1.69 bits per heavy atom. The fraction of sp³-hybridized carbons (Fsp3) is 0.276. The number of halogens is 3. The first-order valence-corrected chi connectivity index (χ1v) is 12.1. The standard InChI is InChI=1S/C27H28N2O3.C2HF3O2/c1-6-13-29(5)23-16-25-22(14-17(23)2)26(19-9-7-8-10-20(19)27(30)31)21-12-11-18(28(3)4)15-24(21)32-25;3-2(4,5)1(6)7/h7-12,14-16H,6,13H2,1-5H3;(H,6,7). The minimum atomic E-state index is -5.19. The van der Waals surface area contributed by atoms with Crippen molar-refractivity contribution >= 4 is 28.6 Å². The van der Waals surface area contributed by atoms with E-state index >= 15 is 0 Å². The van der Waals surface area contributed by atoms with Gasteiger partial charge >= 0.3 is 12.1 Å². The van der Waals surface area contributed by atoms with Crippen LogP contribution < -0.4 is 19.9 Å². The number of aryl methyl sites for hydroxylation is 1. The maximum Gasteiger partial charge on any atom is 0.430 e. The molecule has 0 saturated heterocycles. The molecule has 7 nitrogen and oxygen atoms in total. The number of carboxylic acids is 2. The highest BCUT2D eigenvalue weighted by atomic mass is 19.4. The molecule has 0 spiro atoms. The lowest BCUT2D eigenvalue weighted by molar-refractivity contribution is -0.344. The number of benzene rings is 3. The van der Waals surface area contributed by atoms with Crippen LogP contribution in [0.25, 0.3) is 33.4 Å². The largest absolute Gasteiger partial charge is 0.542 e. The molecule has 4 rings (SSSR count). The molecule has 2 aromatic carbocycles. The molecule has 0 fully saturated rings. The summed E-state index contributed by atoms with van der Waals surface area (Å²) in [5.74, 6) is -3.21. The van der Waals surface area contributed by atoms with E-state index in [-0.39, 0.29) is 5.56 Å². The van der Waals surface area contributed by atoms with Crippen LogP contribution in [0.3, 0.4) is 0 Å². The Morgan fingerprint density at radius 1 is 1.05 bits per heavy atom. The third-order valence-corrected chi connectivity index (χ3v) is 6.17. The van der Waals surface area contributed by atoms with E-state index in [1.165, 1.54) is 0 Å². The first kappa shape index (κ1) is 29.2. The van der Waals surface area contributed by atoms with Gasteiger partial charge in [-0.25, -0.2) is 9.37 Å². The lowest BCUT2D eigenvalue weighted by Crippen LogP contribution is -2.37. The third kappa shape index (κ3) is 6.39. The summed E-state index contributed by atoms with van der Waals surface area (Å²) in [4.78, 5) is 22.9. The molecule has 0 atom stereocenters. The molecule has 0 amide bonds. The molecular weight excluding hydrogens is 513 g/mol. The maximum atomic E-state index is 12.1. The lowest BCUT2D eigenvalue weighted by Gasteiger charge is -2.19. The van der Waals surface area contributed by atoms with Gasteiger partial charge in [0.05, 0.1) is 11.6 Å². The average molecular weight is 543 g/mol. The number of carbonyl (C=O) groups excluding carboxylic acids is 1. The van der Waals surface area contributed by atoms with Crippen LogP contribution in [0, 0.1) is 6.92 Å². The molecule has 1 aliphatic carbocycles. The number of aliphatic carboxylic acids is 1. The fourth-order valence-corrected chi connectivity index (χ4v) is 4.35. The van der Waals surface area contributed by atoms with Gasteiger partial charge in [-0.3, -0.25) is 0 Å². The highest BCUT2D eigenvalue weighted by Crippen LogP contribution is 2.42. The van der Waals surface area contributed by atoms with Crippen molar-refractivity contribution in [1.29, 1.82) is 0 Å². The summed E-state index contributed by atoms with van der Waals surface area (Å²) in [7, 11) is 6.07. The number of carbonyl (C=O) groups is 2. The summed E-state index contributed by atoms with van der Waals surface area (Å²) in [6.45, 7) is 5.20. The summed E-state index contributed by atoms with van der Waals surface area (Å²) >= 11 is 0. The highest BCUT2D eigenvalue weighted by Gasteiger charge is 2.29. The smallest absolute Gasteiger partial charge is 0.430 e. The van der Waals surface area contributed by atoms with Crippen LogP contribution in [0.5, 0.6) is 0 Å². The molecule has 206 valence electrons. The molecule has 10 heteroatoms. The zero-order valence-electron chi connectivity index (χ0n) is 22.2. The summed E-state index contributed by atoms with van der Waals surface area (Å²) in [6, 6.07) is 17.4. The second-order valence-corrected chi connectivity index (χ2v) is 9.24. The van der Waals surface area contributed by atoms with E-state index in [0.29, 0.717) is 5.56 Å². The lowest BCUT2D eigenvalue weighted by atomic mass is 9.90. The van der Waals surface area contributed by atoms with E-state index in [0.717, 1.165) is 57.4 Å². The molecule has 2 aliphatic rings. The fourth-order valence-electron chi connectivity index (χ4n) is 4.35. The van der Waals surface area contributed by atoms with Crippen molar-refractivity contribution in [3.05, 3.63) is 71.1 Å². The van der Waals surface area contributed by atoms with Crippen molar-refractivity contribution in [2.45, 2.75) is 26.4 Å². The Bertz CT molecular complexity index is 1570. The Balaban J connectivity index is 0.000000532. The number of nitrogens with zero attached hydrogens (tertiary/aromatic N) is 2. The molecule has 1 aliphatic heterocycles. The van der Waals surface area contributed by atoms with E-state index in [1.807, 2.05) is 49.3 Å². The molecule has 0 unspecified atom stereocenters. The topological polar surface area (TPSA) is 96.8 Å². The maximum absolute atomic E-state index is 12.1. The van der Waals surface area contributed by atoms with E-state index in [9.17, 15) is 23.1 Å². The number of hydrogen-bond acceptors (Lipinski definition) is 5. The molecule has 0 radical (unpaired) electrons. The average Bonchev–Trinajstić information content (AvgIpc) is 2.86. The van der Waals surface area contributed by atoms with Gasteiger partial charge in [0.2, 0.25) is 5.36 Å². The van der Waals surface area contributed by atoms with Crippen LogP contribution in [0.2, 0.25) is 0 Å². The van der Waals surface area contributed by atoms with Gasteiger partial charge in [0.1, 0.15) is 30.9 Å². The van der Waals surface area contributed by atoms with Gasteiger partial charge in [-0.2, -0.15) is 13.2 Å². The van der Waals surface area contributed by atoms with Crippen molar-refractivity contribution in [2.24, 2.45) is 0 Å². The van der Waals surface area contributed by atoms with Gasteiger partial charge in [-0.05, 0) is 36.8 Å². The Kier molecular flexibility index (Phi) is 8.68. The number of fused-ring (bicyclic) bond motifs is 2. The van der Waals surface area contributed by atoms with Crippen molar-refractivity contribution in [3.8, 4) is 22.5 Å². The minimum Gasteiger partial charge on any atom is -0.542 e. The SMILES string of the molecule is CCC[N+](C)=c1cc2oc3cc(N(C)C)ccc3c(-c3ccccc3C(=O)O)c-2cc1C.O=C([O-])C(F)(F)F. The highest BCUT2D eigenvalue weighted by molar-refractivity contribution is 6.07. The number of hydrogen-bond donors (Lipinski definition) is 1. The van der Waals surface area contributed by atoms with Crippen LogP contribution in [0.15, 0.2) is 59.0 Å². The predicted molar refractivity (Wildman–Crippen MR) is 142 cm³/mol. The molecule has 1 heterocycles. The number of alkyl halides is 3. The van der Waals surface area contributed by atoms with Crippen molar-refractivity contribution < 1.29 is 37.4 Å². The zero-order chi connectivity index (χ0) is 29.1. The summed E-state index contributed by atoms with van der Waals surface area (Å²) in [5.41, 5.74) is 5.65. The van der Waals surface area contributed by atoms with Crippen LogP contribution in [0.1, 0.15) is 29.3 Å². The normalized spacial score (nSPS) is 12.1. The Labute approximate surface area is 223 Å². The number of anilines is 1. The van der Waals surface area contributed by atoms with Gasteiger partial charge in [0, 0.05) is 54.3 Å². The minimum absolute atomic E-state index is 0.280. The van der Waals surface area contributed by atoms with E-state index in [2.05, 4.69) is 37.6 Å². The third-order valence-electron chi connectivity index (χ3n) is 6.17. The number of carboxylic acid groups (broad SMARTS) is 2. The van der Waals surface area contributed by atoms with E-state index < -0.39 is 18.1 Å². The Morgan fingerprint density at radius 3 is 2.26 bits per heavy atom. The van der Waals surface area contributed by atoms with Crippen molar-refractivity contribution in [1.82, 2.24) is 4.58 Å². The van der Waals surface area contributed by atoms with Gasteiger partial charge in [-0.1, -0.05) is 25.1 Å². The molecule has 0 aromatic heterocycles. The summed E-state index contributed by atoms with van der Waals surface area (Å²) in [5, 5.41) is 20.7. The molecule has 1 N–H and O–H groups in total. The van der Waals surface area contributed by atoms with Crippen molar-refractivity contribution in [2.75, 3.05) is 32.6 Å². The molecule has 2 aromatic rings. The van der Waals surface area contributed by atoms with Crippen LogP contribution >= 0.6 is 0 Å². The first-order chi connectivity index (χ1) is 18.3. The van der Waals surface area contributed by atoms with Gasteiger partial charge in [-0.15, -0.1) is 0 Å². The molecule has 39 heavy (non-hydrogen) atoms. The Hall–Kier alpha value is -4.34. The molecular formula is C29H29F3N2O5. The number of aromatic carboxylic acids is 1. The second kappa shape index (κ2) is 11.6.